The summed E-state index contributed by atoms with van der Waals surface area (Å²) in [5, 5.41) is 6.67. The van der Waals surface area contributed by atoms with Gasteiger partial charge in [0.15, 0.2) is 0 Å². The minimum Gasteiger partial charge on any atom is -0.352 e. The largest absolute Gasteiger partial charge is 0.352 e. The van der Waals surface area contributed by atoms with Crippen LogP contribution in [0.2, 0.25) is 0 Å². The van der Waals surface area contributed by atoms with Crippen molar-refractivity contribution in [3.05, 3.63) is 0 Å². The van der Waals surface area contributed by atoms with Crippen molar-refractivity contribution >= 4 is 5.91 Å². The lowest BCUT2D eigenvalue weighted by Gasteiger charge is -2.37. The van der Waals surface area contributed by atoms with Crippen molar-refractivity contribution < 1.29 is 4.79 Å². The van der Waals surface area contributed by atoms with E-state index in [-0.39, 0.29) is 5.91 Å². The van der Waals surface area contributed by atoms with Gasteiger partial charge in [-0.2, -0.15) is 0 Å². The molecule has 1 aliphatic carbocycles. The highest BCUT2D eigenvalue weighted by Crippen LogP contribution is 2.37. The molecule has 0 aromatic heterocycles. The van der Waals surface area contributed by atoms with E-state index < -0.39 is 0 Å². The van der Waals surface area contributed by atoms with Crippen LogP contribution in [0.15, 0.2) is 0 Å². The van der Waals surface area contributed by atoms with Gasteiger partial charge in [-0.1, -0.05) is 20.8 Å². The van der Waals surface area contributed by atoms with Gasteiger partial charge in [0.2, 0.25) is 5.91 Å². The summed E-state index contributed by atoms with van der Waals surface area (Å²) in [5.74, 6) is 1.10. The number of rotatable bonds is 3. The van der Waals surface area contributed by atoms with Gasteiger partial charge >= 0.3 is 0 Å². The zero-order chi connectivity index (χ0) is 13.2. The Kier molecular flexibility index (Phi) is 4.31. The molecule has 1 heterocycles. The molecule has 2 fully saturated rings. The fourth-order valence-electron chi connectivity index (χ4n) is 3.30. The number of carbonyl (C=O) groups is 1. The van der Waals surface area contributed by atoms with Gasteiger partial charge in [-0.15, -0.1) is 0 Å². The molecule has 1 saturated heterocycles. The van der Waals surface area contributed by atoms with Crippen LogP contribution in [0.1, 0.15) is 59.3 Å². The molecule has 104 valence electrons. The Hall–Kier alpha value is -0.570. The fraction of sp³-hybridized carbons (Fsp3) is 0.933. The molecule has 0 aromatic carbocycles. The average Bonchev–Trinajstić information content (AvgIpc) is 2.72. The molecular weight excluding hydrogens is 224 g/mol. The molecule has 1 unspecified atom stereocenters. The molecule has 0 spiro atoms. The molecule has 0 bridgehead atoms. The Morgan fingerprint density at radius 2 is 1.83 bits per heavy atom. The topological polar surface area (TPSA) is 41.1 Å². The van der Waals surface area contributed by atoms with Gasteiger partial charge < -0.3 is 10.6 Å². The predicted octanol–water partition coefficient (Wildman–Crippen LogP) is 2.46. The second-order valence-electron chi connectivity index (χ2n) is 7.13. The maximum absolute atomic E-state index is 11.1. The summed E-state index contributed by atoms with van der Waals surface area (Å²) in [4.78, 5) is 11.1. The Balaban J connectivity index is 1.66. The van der Waals surface area contributed by atoms with E-state index in [4.69, 9.17) is 0 Å². The summed E-state index contributed by atoms with van der Waals surface area (Å²) in [6, 6.07) is 1.04. The first kappa shape index (κ1) is 13.9. The summed E-state index contributed by atoms with van der Waals surface area (Å²) in [5.41, 5.74) is 0.463. The van der Waals surface area contributed by atoms with E-state index in [1.807, 2.05) is 0 Å². The van der Waals surface area contributed by atoms with Gasteiger partial charge in [-0.05, 0) is 43.4 Å². The van der Waals surface area contributed by atoms with Crippen LogP contribution in [0, 0.1) is 11.3 Å². The second-order valence-corrected chi connectivity index (χ2v) is 7.13. The second kappa shape index (κ2) is 5.60. The van der Waals surface area contributed by atoms with Crippen molar-refractivity contribution in [2.75, 3.05) is 6.54 Å². The highest BCUT2D eigenvalue weighted by Gasteiger charge is 2.30. The van der Waals surface area contributed by atoms with Crippen molar-refractivity contribution in [1.29, 1.82) is 0 Å². The van der Waals surface area contributed by atoms with E-state index in [1.165, 1.54) is 25.7 Å². The quantitative estimate of drug-likeness (QED) is 0.810. The maximum Gasteiger partial charge on any atom is 0.220 e. The smallest absolute Gasteiger partial charge is 0.220 e. The van der Waals surface area contributed by atoms with E-state index in [0.29, 0.717) is 23.9 Å². The molecule has 1 aliphatic heterocycles. The lowest BCUT2D eigenvalue weighted by atomic mass is 9.71. The van der Waals surface area contributed by atoms with Crippen LogP contribution in [0.4, 0.5) is 0 Å². The van der Waals surface area contributed by atoms with Crippen molar-refractivity contribution in [3.8, 4) is 0 Å². The summed E-state index contributed by atoms with van der Waals surface area (Å²) >= 11 is 0. The van der Waals surface area contributed by atoms with Gasteiger partial charge in [0, 0.05) is 25.0 Å². The van der Waals surface area contributed by atoms with Gasteiger partial charge in [0.1, 0.15) is 0 Å². The lowest BCUT2D eigenvalue weighted by Crippen LogP contribution is -2.42. The summed E-state index contributed by atoms with van der Waals surface area (Å²) in [7, 11) is 0. The first-order valence-corrected chi connectivity index (χ1v) is 7.48. The molecule has 3 nitrogen and oxygen atoms in total. The molecule has 18 heavy (non-hydrogen) atoms. The third kappa shape index (κ3) is 3.71. The van der Waals surface area contributed by atoms with Crippen LogP contribution in [0.3, 0.4) is 0 Å². The van der Waals surface area contributed by atoms with E-state index >= 15 is 0 Å². The van der Waals surface area contributed by atoms with Gasteiger partial charge in [-0.3, -0.25) is 4.79 Å². The van der Waals surface area contributed by atoms with Crippen LogP contribution in [-0.2, 0) is 4.79 Å². The molecule has 1 saturated carbocycles. The number of carbonyl (C=O) groups excluding carboxylic acids is 1. The van der Waals surface area contributed by atoms with Crippen molar-refractivity contribution in [2.45, 2.75) is 71.4 Å². The number of nitrogens with one attached hydrogen (secondary N) is 2. The maximum atomic E-state index is 11.1. The predicted molar refractivity (Wildman–Crippen MR) is 74.4 cm³/mol. The molecule has 1 atom stereocenters. The SMILES string of the molecule is CC(C)(C)C1CCC(NCC2CCC(=O)N2)CC1. The molecule has 0 radical (unpaired) electrons. The molecule has 3 heteroatoms. The Labute approximate surface area is 111 Å². The normalized spacial score (nSPS) is 33.5. The third-order valence-electron chi connectivity index (χ3n) is 4.69. The lowest BCUT2D eigenvalue weighted by molar-refractivity contribution is -0.119. The van der Waals surface area contributed by atoms with Gasteiger partial charge in [0.05, 0.1) is 0 Å². The monoisotopic (exact) mass is 252 g/mol. The third-order valence-corrected chi connectivity index (χ3v) is 4.69. The first-order valence-electron chi connectivity index (χ1n) is 7.48. The Morgan fingerprint density at radius 1 is 1.17 bits per heavy atom. The van der Waals surface area contributed by atoms with Crippen molar-refractivity contribution in [3.63, 3.8) is 0 Å². The van der Waals surface area contributed by atoms with Crippen LogP contribution in [0.25, 0.3) is 0 Å². The van der Waals surface area contributed by atoms with Crippen LogP contribution >= 0.6 is 0 Å². The Morgan fingerprint density at radius 3 is 2.33 bits per heavy atom. The minimum absolute atomic E-state index is 0.221. The fourth-order valence-corrected chi connectivity index (χ4v) is 3.30. The van der Waals surface area contributed by atoms with Crippen molar-refractivity contribution in [1.82, 2.24) is 10.6 Å². The average molecular weight is 252 g/mol. The van der Waals surface area contributed by atoms with Crippen molar-refractivity contribution in [2.24, 2.45) is 11.3 Å². The summed E-state index contributed by atoms with van der Waals surface area (Å²) in [6.45, 7) is 8.04. The van der Waals surface area contributed by atoms with E-state index in [9.17, 15) is 4.79 Å². The molecule has 2 aliphatic rings. The summed E-state index contributed by atoms with van der Waals surface area (Å²) < 4.78 is 0. The molecule has 1 amide bonds. The van der Waals surface area contributed by atoms with Gasteiger partial charge in [-0.25, -0.2) is 0 Å². The summed E-state index contributed by atoms with van der Waals surface area (Å²) in [6.07, 6.45) is 6.99. The minimum atomic E-state index is 0.221. The standard InChI is InChI=1S/C15H28N2O/c1-15(2,3)11-4-6-12(7-5-11)16-10-13-8-9-14(18)17-13/h11-13,16H,4-10H2,1-3H3,(H,17,18). The zero-order valence-corrected chi connectivity index (χ0v) is 12.1. The van der Waals surface area contributed by atoms with E-state index in [2.05, 4.69) is 31.4 Å². The Bertz CT molecular complexity index is 287. The number of hydrogen-bond donors (Lipinski definition) is 2. The molecular formula is C15H28N2O. The number of amides is 1. The molecule has 2 rings (SSSR count). The van der Waals surface area contributed by atoms with Crippen LogP contribution in [-0.4, -0.2) is 24.5 Å². The van der Waals surface area contributed by atoms with Gasteiger partial charge in [0.25, 0.3) is 0 Å². The van der Waals surface area contributed by atoms with E-state index in [0.717, 1.165) is 18.9 Å². The highest BCUT2D eigenvalue weighted by atomic mass is 16.1. The van der Waals surface area contributed by atoms with E-state index in [1.54, 1.807) is 0 Å². The van der Waals surface area contributed by atoms with Crippen LogP contribution in [0.5, 0.6) is 0 Å². The highest BCUT2D eigenvalue weighted by molar-refractivity contribution is 5.78. The first-order chi connectivity index (χ1) is 8.45. The number of hydrogen-bond acceptors (Lipinski definition) is 2. The zero-order valence-electron chi connectivity index (χ0n) is 12.1. The van der Waals surface area contributed by atoms with Crippen LogP contribution < -0.4 is 10.6 Å². The molecule has 0 aromatic rings. The molecule has 2 N–H and O–H groups in total.